The third kappa shape index (κ3) is 3.41. The van der Waals surface area contributed by atoms with E-state index in [1.807, 2.05) is 25.1 Å². The van der Waals surface area contributed by atoms with E-state index in [-0.39, 0.29) is 36.9 Å². The number of carbonyl (C=O) groups is 2. The van der Waals surface area contributed by atoms with Crippen molar-refractivity contribution < 1.29 is 19.4 Å². The number of aryl methyl sites for hydroxylation is 1. The van der Waals surface area contributed by atoms with Gasteiger partial charge in [-0.3, -0.25) is 4.79 Å². The minimum Gasteiger partial charge on any atom is -0.466 e. The molecule has 1 aliphatic rings. The Bertz CT molecular complexity index is 642. The van der Waals surface area contributed by atoms with Gasteiger partial charge in [0.15, 0.2) is 0 Å². The van der Waals surface area contributed by atoms with Crippen molar-refractivity contribution in [2.75, 3.05) is 32.1 Å². The van der Waals surface area contributed by atoms with Gasteiger partial charge in [-0.15, -0.1) is 0 Å². The van der Waals surface area contributed by atoms with Crippen LogP contribution >= 0.6 is 22.6 Å². The van der Waals surface area contributed by atoms with E-state index < -0.39 is 5.97 Å². The van der Waals surface area contributed by atoms with Gasteiger partial charge < -0.3 is 20.1 Å². The Morgan fingerprint density at radius 1 is 1.50 bits per heavy atom. The predicted octanol–water partition coefficient (Wildman–Crippen LogP) is 1.27. The molecule has 0 aliphatic carbocycles. The van der Waals surface area contributed by atoms with Gasteiger partial charge in [-0.2, -0.15) is 0 Å². The zero-order valence-electron chi connectivity index (χ0n) is 12.4. The van der Waals surface area contributed by atoms with Crippen molar-refractivity contribution in [3.05, 3.63) is 38.6 Å². The molecule has 1 amide bonds. The number of nitrogens with zero attached hydrogens (tertiary/aromatic N) is 1. The van der Waals surface area contributed by atoms with Crippen molar-refractivity contribution in [1.29, 1.82) is 0 Å². The first-order valence-electron chi connectivity index (χ1n) is 6.72. The van der Waals surface area contributed by atoms with Crippen molar-refractivity contribution in [2.45, 2.75) is 6.92 Å². The smallest absolute Gasteiger partial charge is 0.337 e. The summed E-state index contributed by atoms with van der Waals surface area (Å²) in [7, 11) is 1.28. The topological polar surface area (TPSA) is 78.9 Å². The maximum absolute atomic E-state index is 12.4. The van der Waals surface area contributed by atoms with Gasteiger partial charge in [0.2, 0.25) is 0 Å². The van der Waals surface area contributed by atoms with Crippen LogP contribution in [-0.4, -0.2) is 48.7 Å². The van der Waals surface area contributed by atoms with Gasteiger partial charge in [-0.1, -0.05) is 0 Å². The molecule has 1 aromatic rings. The summed E-state index contributed by atoms with van der Waals surface area (Å²) in [5.74, 6) is -0.855. The predicted molar refractivity (Wildman–Crippen MR) is 90.2 cm³/mol. The lowest BCUT2D eigenvalue weighted by Gasteiger charge is -2.15. The number of nitrogens with one attached hydrogen (secondary N) is 1. The molecular weight excluding hydrogens is 399 g/mol. The molecule has 0 spiro atoms. The monoisotopic (exact) mass is 416 g/mol. The number of aliphatic hydroxyl groups is 1. The number of ether oxygens (including phenoxy) is 1. The molecule has 0 radical (unpaired) electrons. The summed E-state index contributed by atoms with van der Waals surface area (Å²) < 4.78 is 5.83. The molecule has 2 rings (SSSR count). The largest absolute Gasteiger partial charge is 0.466 e. The van der Waals surface area contributed by atoms with E-state index in [4.69, 9.17) is 9.84 Å². The second-order valence-electron chi connectivity index (χ2n) is 4.88. The van der Waals surface area contributed by atoms with Crippen LogP contribution in [-0.2, 0) is 14.3 Å². The molecule has 1 aromatic carbocycles. The zero-order chi connectivity index (χ0) is 16.3. The fraction of sp³-hybridized carbons (Fsp3) is 0.333. The van der Waals surface area contributed by atoms with Crippen molar-refractivity contribution in [3.8, 4) is 0 Å². The van der Waals surface area contributed by atoms with Gasteiger partial charge in [-0.05, 0) is 53.3 Å². The van der Waals surface area contributed by atoms with Crippen molar-refractivity contribution in [1.82, 2.24) is 4.90 Å². The van der Waals surface area contributed by atoms with Gasteiger partial charge in [0.05, 0.1) is 25.8 Å². The van der Waals surface area contributed by atoms with Gasteiger partial charge >= 0.3 is 5.97 Å². The van der Waals surface area contributed by atoms with Crippen molar-refractivity contribution in [3.63, 3.8) is 0 Å². The highest BCUT2D eigenvalue weighted by Gasteiger charge is 2.34. The first kappa shape index (κ1) is 16.8. The Morgan fingerprint density at radius 2 is 2.23 bits per heavy atom. The molecule has 0 saturated heterocycles. The van der Waals surface area contributed by atoms with Crippen molar-refractivity contribution in [2.24, 2.45) is 0 Å². The number of rotatable bonds is 5. The summed E-state index contributed by atoms with van der Waals surface area (Å²) in [6, 6.07) is 5.76. The molecule has 1 heterocycles. The number of aliphatic hydroxyl groups excluding tert-OH is 1. The van der Waals surface area contributed by atoms with Crippen LogP contribution in [0.3, 0.4) is 0 Å². The van der Waals surface area contributed by atoms with E-state index in [2.05, 4.69) is 27.9 Å². The van der Waals surface area contributed by atoms with E-state index in [1.165, 1.54) is 12.0 Å². The summed E-state index contributed by atoms with van der Waals surface area (Å²) in [6.07, 6.45) is 0. The maximum Gasteiger partial charge on any atom is 0.337 e. The fourth-order valence-corrected chi connectivity index (χ4v) is 2.90. The molecule has 0 unspecified atom stereocenters. The van der Waals surface area contributed by atoms with Crippen LogP contribution in [0.15, 0.2) is 29.5 Å². The average Bonchev–Trinajstić information content (AvgIpc) is 2.79. The minimum atomic E-state index is -0.542. The van der Waals surface area contributed by atoms with Crippen LogP contribution in [0, 0.1) is 10.5 Å². The number of methoxy groups -OCH3 is 1. The fourth-order valence-electron chi connectivity index (χ4n) is 2.25. The van der Waals surface area contributed by atoms with Gasteiger partial charge in [0, 0.05) is 15.8 Å². The molecule has 2 N–H and O–H groups in total. The van der Waals surface area contributed by atoms with E-state index in [0.29, 0.717) is 0 Å². The third-order valence-electron chi connectivity index (χ3n) is 3.40. The summed E-state index contributed by atoms with van der Waals surface area (Å²) in [5, 5.41) is 12.1. The van der Waals surface area contributed by atoms with Crippen LogP contribution in [0.1, 0.15) is 5.56 Å². The Morgan fingerprint density at radius 3 is 2.82 bits per heavy atom. The molecule has 118 valence electrons. The number of β-amino-alcohol motifs (C(OH)–C–C–N with tert-alkyl or cyclic N) is 1. The van der Waals surface area contributed by atoms with Crippen LogP contribution in [0.4, 0.5) is 5.69 Å². The Hall–Kier alpha value is -1.61. The number of benzene rings is 1. The lowest BCUT2D eigenvalue weighted by molar-refractivity contribution is -0.136. The van der Waals surface area contributed by atoms with E-state index >= 15 is 0 Å². The second-order valence-corrected chi connectivity index (χ2v) is 6.13. The molecule has 6 nitrogen and oxygen atoms in total. The van der Waals surface area contributed by atoms with Crippen LogP contribution in [0.2, 0.25) is 0 Å². The van der Waals surface area contributed by atoms with Gasteiger partial charge in [-0.25, -0.2) is 4.79 Å². The highest BCUT2D eigenvalue weighted by Crippen LogP contribution is 2.25. The molecule has 7 heteroatoms. The van der Waals surface area contributed by atoms with E-state index in [9.17, 15) is 9.59 Å². The molecule has 1 aliphatic heterocycles. The number of carbonyl (C=O) groups excluding carboxylic acids is 2. The molecule has 0 aromatic heterocycles. The normalized spacial score (nSPS) is 14.5. The SMILES string of the molecule is COC(=O)C1=C(Nc2ccc(I)cc2C)C(=O)N(CCO)C1. The third-order valence-corrected chi connectivity index (χ3v) is 4.07. The van der Waals surface area contributed by atoms with Crippen LogP contribution in [0.5, 0.6) is 0 Å². The minimum absolute atomic E-state index is 0.137. The second kappa shape index (κ2) is 7.10. The van der Waals surface area contributed by atoms with Crippen LogP contribution in [0.25, 0.3) is 0 Å². The summed E-state index contributed by atoms with van der Waals surface area (Å²) >= 11 is 2.21. The number of halogens is 1. The number of amides is 1. The molecule has 0 saturated carbocycles. The van der Waals surface area contributed by atoms with Gasteiger partial charge in [0.25, 0.3) is 5.91 Å². The van der Waals surface area contributed by atoms with Crippen molar-refractivity contribution >= 4 is 40.2 Å². The molecule has 0 atom stereocenters. The number of esters is 1. The Balaban J connectivity index is 2.34. The zero-order valence-corrected chi connectivity index (χ0v) is 14.5. The Kier molecular flexibility index (Phi) is 5.41. The standard InChI is InChI=1S/C15H17IN2O4/c1-9-7-10(16)3-4-12(9)17-13-11(15(21)22-2)8-18(5-6-19)14(13)20/h3-4,7,17,19H,5-6,8H2,1-2H3. The molecule has 0 fully saturated rings. The number of hydrogen-bond donors (Lipinski definition) is 2. The van der Waals surface area contributed by atoms with E-state index in [0.717, 1.165) is 14.8 Å². The highest BCUT2D eigenvalue weighted by molar-refractivity contribution is 14.1. The molecule has 0 bridgehead atoms. The lowest BCUT2D eigenvalue weighted by Crippen LogP contribution is -2.31. The maximum atomic E-state index is 12.4. The number of anilines is 1. The summed E-state index contributed by atoms with van der Waals surface area (Å²) in [4.78, 5) is 25.7. The molecule has 22 heavy (non-hydrogen) atoms. The molecular formula is C15H17IN2O4. The first-order chi connectivity index (χ1) is 10.5. The summed E-state index contributed by atoms with van der Waals surface area (Å²) in [6.45, 7) is 2.08. The van der Waals surface area contributed by atoms with E-state index in [1.54, 1.807) is 0 Å². The first-order valence-corrected chi connectivity index (χ1v) is 7.80. The average molecular weight is 416 g/mol. The number of hydrogen-bond acceptors (Lipinski definition) is 5. The van der Waals surface area contributed by atoms with Gasteiger partial charge in [0.1, 0.15) is 5.70 Å². The highest BCUT2D eigenvalue weighted by atomic mass is 127. The lowest BCUT2D eigenvalue weighted by atomic mass is 10.1. The summed E-state index contributed by atoms with van der Waals surface area (Å²) in [5.41, 5.74) is 2.22. The Labute approximate surface area is 142 Å². The van der Waals surface area contributed by atoms with Crippen LogP contribution < -0.4 is 5.32 Å². The quantitative estimate of drug-likeness (QED) is 0.559.